The van der Waals surface area contributed by atoms with Gasteiger partial charge in [-0.2, -0.15) is 0 Å². The van der Waals surface area contributed by atoms with Crippen LogP contribution in [0.2, 0.25) is 0 Å². The number of carbonyl (C=O) groups is 1. The van der Waals surface area contributed by atoms with Gasteiger partial charge in [-0.05, 0) is 48.5 Å². The first-order valence-corrected chi connectivity index (χ1v) is 8.11. The van der Waals surface area contributed by atoms with Crippen molar-refractivity contribution >= 4 is 6.29 Å². The summed E-state index contributed by atoms with van der Waals surface area (Å²) in [7, 11) is 0. The summed E-state index contributed by atoms with van der Waals surface area (Å²) in [5.41, 5.74) is 1.40. The zero-order chi connectivity index (χ0) is 19.5. The SMILES string of the molecule is O=CC(Oc1cn(-c2ccc(F)cc2)nn1)c1cn(-c2ccc(F)cc2)nn1. The van der Waals surface area contributed by atoms with Crippen LogP contribution >= 0.6 is 0 Å². The van der Waals surface area contributed by atoms with Gasteiger partial charge >= 0.3 is 0 Å². The van der Waals surface area contributed by atoms with Gasteiger partial charge in [0.25, 0.3) is 5.88 Å². The Labute approximate surface area is 157 Å². The number of ether oxygens (including phenoxy) is 1. The molecule has 0 saturated carbocycles. The first-order valence-electron chi connectivity index (χ1n) is 8.11. The van der Waals surface area contributed by atoms with E-state index in [9.17, 15) is 13.6 Å². The molecule has 2 aromatic carbocycles. The van der Waals surface area contributed by atoms with Gasteiger partial charge in [-0.3, -0.25) is 4.79 Å². The summed E-state index contributed by atoms with van der Waals surface area (Å²) >= 11 is 0. The molecule has 0 fully saturated rings. The molecule has 28 heavy (non-hydrogen) atoms. The number of carbonyl (C=O) groups excluding carboxylic acids is 1. The van der Waals surface area contributed by atoms with Crippen molar-refractivity contribution in [3.63, 3.8) is 0 Å². The summed E-state index contributed by atoms with van der Waals surface area (Å²) in [5, 5.41) is 15.6. The van der Waals surface area contributed by atoms with Gasteiger partial charge in [0.1, 0.15) is 17.3 Å². The van der Waals surface area contributed by atoms with Crippen molar-refractivity contribution in [3.05, 3.63) is 78.3 Å². The van der Waals surface area contributed by atoms with E-state index in [1.807, 2.05) is 0 Å². The standard InChI is InChI=1S/C18H12F2N6O2/c19-12-1-5-14(6-2-12)25-9-16(21-23-25)17(11-27)28-18-10-26(24-22-18)15-7-3-13(20)4-8-15/h1-11,17H. The lowest BCUT2D eigenvalue weighted by molar-refractivity contribution is -0.114. The van der Waals surface area contributed by atoms with Gasteiger partial charge in [0.15, 0.2) is 6.29 Å². The van der Waals surface area contributed by atoms with E-state index < -0.39 is 6.10 Å². The maximum Gasteiger partial charge on any atom is 0.255 e. The summed E-state index contributed by atoms with van der Waals surface area (Å²) in [6, 6.07) is 11.3. The molecule has 0 aliphatic carbocycles. The van der Waals surface area contributed by atoms with E-state index in [1.54, 1.807) is 0 Å². The number of nitrogens with zero attached hydrogens (tertiary/aromatic N) is 6. The molecule has 8 nitrogen and oxygen atoms in total. The topological polar surface area (TPSA) is 87.7 Å². The minimum Gasteiger partial charge on any atom is -0.458 e. The Morgan fingerprint density at radius 1 is 0.821 bits per heavy atom. The fraction of sp³-hybridized carbons (Fsp3) is 0.0556. The number of hydrogen-bond donors (Lipinski definition) is 0. The molecule has 2 heterocycles. The summed E-state index contributed by atoms with van der Waals surface area (Å²) in [6.45, 7) is 0. The minimum atomic E-state index is -1.06. The van der Waals surface area contributed by atoms with Gasteiger partial charge in [-0.1, -0.05) is 15.5 Å². The lowest BCUT2D eigenvalue weighted by atomic mass is 10.3. The molecular weight excluding hydrogens is 370 g/mol. The summed E-state index contributed by atoms with van der Waals surface area (Å²) in [6.07, 6.45) is 2.44. The van der Waals surface area contributed by atoms with Crippen molar-refractivity contribution in [2.75, 3.05) is 0 Å². The third-order valence-corrected chi connectivity index (χ3v) is 3.83. The molecular formula is C18H12F2N6O2. The number of rotatable bonds is 6. The highest BCUT2D eigenvalue weighted by molar-refractivity contribution is 5.59. The van der Waals surface area contributed by atoms with Crippen molar-refractivity contribution in [3.8, 4) is 17.3 Å². The van der Waals surface area contributed by atoms with Crippen LogP contribution in [-0.4, -0.2) is 36.3 Å². The maximum atomic E-state index is 13.0. The summed E-state index contributed by atoms with van der Waals surface area (Å²) in [5.74, 6) is -0.661. The molecule has 10 heteroatoms. The van der Waals surface area contributed by atoms with Crippen LogP contribution < -0.4 is 4.74 Å². The van der Waals surface area contributed by atoms with Crippen LogP contribution in [0.5, 0.6) is 5.88 Å². The summed E-state index contributed by atoms with van der Waals surface area (Å²) < 4.78 is 34.4. The van der Waals surface area contributed by atoms with Gasteiger partial charge in [0.2, 0.25) is 6.10 Å². The number of hydrogen-bond acceptors (Lipinski definition) is 6. The molecule has 1 atom stereocenters. The smallest absolute Gasteiger partial charge is 0.255 e. The van der Waals surface area contributed by atoms with Crippen LogP contribution in [0.15, 0.2) is 60.9 Å². The van der Waals surface area contributed by atoms with Crippen LogP contribution in [0.3, 0.4) is 0 Å². The first-order chi connectivity index (χ1) is 13.6. The Hall–Kier alpha value is -3.95. The molecule has 0 radical (unpaired) electrons. The van der Waals surface area contributed by atoms with Crippen LogP contribution in [0.1, 0.15) is 11.8 Å². The zero-order valence-corrected chi connectivity index (χ0v) is 14.2. The van der Waals surface area contributed by atoms with E-state index >= 15 is 0 Å². The van der Waals surface area contributed by atoms with E-state index in [0.717, 1.165) is 0 Å². The number of halogens is 2. The van der Waals surface area contributed by atoms with Crippen LogP contribution in [0.25, 0.3) is 11.4 Å². The van der Waals surface area contributed by atoms with Gasteiger partial charge in [0, 0.05) is 0 Å². The monoisotopic (exact) mass is 382 g/mol. The Morgan fingerprint density at radius 2 is 1.36 bits per heavy atom. The molecule has 1 unspecified atom stereocenters. The summed E-state index contributed by atoms with van der Waals surface area (Å²) in [4.78, 5) is 11.5. The van der Waals surface area contributed by atoms with Gasteiger partial charge in [0.05, 0.1) is 23.8 Å². The molecule has 0 N–H and O–H groups in total. The molecule has 0 saturated heterocycles. The predicted octanol–water partition coefficient (Wildman–Crippen LogP) is 2.45. The first kappa shape index (κ1) is 17.5. The highest BCUT2D eigenvalue weighted by atomic mass is 19.1. The fourth-order valence-corrected chi connectivity index (χ4v) is 2.44. The second-order valence-electron chi connectivity index (χ2n) is 5.72. The van der Waals surface area contributed by atoms with Crippen LogP contribution in [0, 0.1) is 11.6 Å². The lowest BCUT2D eigenvalue weighted by Crippen LogP contribution is -2.09. The van der Waals surface area contributed by atoms with Crippen molar-refractivity contribution in [2.24, 2.45) is 0 Å². The molecule has 0 spiro atoms. The van der Waals surface area contributed by atoms with Crippen molar-refractivity contribution in [1.29, 1.82) is 0 Å². The van der Waals surface area contributed by atoms with E-state index in [1.165, 1.54) is 70.3 Å². The van der Waals surface area contributed by atoms with E-state index in [0.29, 0.717) is 17.7 Å². The molecule has 0 bridgehead atoms. The van der Waals surface area contributed by atoms with E-state index in [-0.39, 0.29) is 23.2 Å². The number of benzene rings is 2. The third-order valence-electron chi connectivity index (χ3n) is 3.83. The Bertz CT molecular complexity index is 1090. The molecule has 0 aliphatic rings. The van der Waals surface area contributed by atoms with Crippen molar-refractivity contribution in [2.45, 2.75) is 6.10 Å². The zero-order valence-electron chi connectivity index (χ0n) is 14.2. The van der Waals surface area contributed by atoms with Crippen molar-refractivity contribution in [1.82, 2.24) is 30.0 Å². The third kappa shape index (κ3) is 3.61. The minimum absolute atomic E-state index is 0.0813. The largest absolute Gasteiger partial charge is 0.458 e. The molecule has 4 aromatic rings. The Morgan fingerprint density at radius 3 is 1.93 bits per heavy atom. The molecule has 140 valence electrons. The second kappa shape index (κ2) is 7.35. The maximum absolute atomic E-state index is 13.0. The predicted molar refractivity (Wildman–Crippen MR) is 92.1 cm³/mol. The lowest BCUT2D eigenvalue weighted by Gasteiger charge is -2.06. The Kier molecular flexibility index (Phi) is 4.58. The highest BCUT2D eigenvalue weighted by Crippen LogP contribution is 2.19. The van der Waals surface area contributed by atoms with Gasteiger partial charge < -0.3 is 4.74 Å². The van der Waals surface area contributed by atoms with Crippen LogP contribution in [-0.2, 0) is 4.79 Å². The second-order valence-corrected chi connectivity index (χ2v) is 5.72. The fourth-order valence-electron chi connectivity index (χ4n) is 2.44. The van der Waals surface area contributed by atoms with Gasteiger partial charge in [-0.25, -0.2) is 18.1 Å². The number of aromatic nitrogens is 6. The number of aldehydes is 1. The van der Waals surface area contributed by atoms with Gasteiger partial charge in [-0.15, -0.1) is 5.10 Å². The van der Waals surface area contributed by atoms with Crippen LogP contribution in [0.4, 0.5) is 8.78 Å². The molecule has 4 rings (SSSR count). The Balaban J connectivity index is 1.52. The average molecular weight is 382 g/mol. The molecule has 0 amide bonds. The average Bonchev–Trinajstić information content (AvgIpc) is 3.37. The van der Waals surface area contributed by atoms with Crippen molar-refractivity contribution < 1.29 is 18.3 Å². The quantitative estimate of drug-likeness (QED) is 0.476. The van der Waals surface area contributed by atoms with E-state index in [2.05, 4.69) is 20.6 Å². The van der Waals surface area contributed by atoms with E-state index in [4.69, 9.17) is 4.74 Å². The highest BCUT2D eigenvalue weighted by Gasteiger charge is 2.19. The molecule has 2 aromatic heterocycles. The molecule has 0 aliphatic heterocycles. The normalized spacial score (nSPS) is 11.9.